The maximum atomic E-state index is 13.2. The third-order valence-corrected chi connectivity index (χ3v) is 5.84. The van der Waals surface area contributed by atoms with E-state index in [1.807, 2.05) is 42.5 Å². The molecule has 0 aliphatic rings. The maximum Gasteiger partial charge on any atom is 0.318 e. The third kappa shape index (κ3) is 6.78. The maximum absolute atomic E-state index is 13.2. The zero-order valence-corrected chi connectivity index (χ0v) is 21.2. The number of hydrogen-bond donors (Lipinski definition) is 1. The number of amides is 1. The summed E-state index contributed by atoms with van der Waals surface area (Å²) in [6.07, 6.45) is 3.05. The molecule has 190 valence electrons. The Kier molecular flexibility index (Phi) is 9.74. The van der Waals surface area contributed by atoms with Gasteiger partial charge in [0.1, 0.15) is 23.2 Å². The zero-order valence-electron chi connectivity index (χ0n) is 21.2. The molecule has 7 heteroatoms. The minimum absolute atomic E-state index is 0.380. The van der Waals surface area contributed by atoms with Crippen LogP contribution in [-0.4, -0.2) is 33.2 Å². The average Bonchev–Trinajstić information content (AvgIpc) is 2.92. The summed E-state index contributed by atoms with van der Waals surface area (Å²) in [4.78, 5) is 25.5. The number of unbranched alkanes of at least 4 members (excludes halogenated alkanes) is 2. The largest absolute Gasteiger partial charge is 0.497 e. The molecular formula is C29H33NO6. The molecule has 3 rings (SSSR count). The van der Waals surface area contributed by atoms with Crippen LogP contribution in [0.25, 0.3) is 11.1 Å². The summed E-state index contributed by atoms with van der Waals surface area (Å²) < 4.78 is 22.0. The van der Waals surface area contributed by atoms with E-state index in [0.717, 1.165) is 30.4 Å². The predicted octanol–water partition coefficient (Wildman–Crippen LogP) is 6.47. The molecule has 1 unspecified atom stereocenters. The van der Waals surface area contributed by atoms with Crippen LogP contribution in [0.3, 0.4) is 0 Å². The molecule has 0 radical (unpaired) electrons. The molecule has 0 fully saturated rings. The Hall–Kier alpha value is -4.00. The van der Waals surface area contributed by atoms with Crippen LogP contribution in [-0.2, 0) is 14.3 Å². The second kappa shape index (κ2) is 13.2. The van der Waals surface area contributed by atoms with Gasteiger partial charge in [-0.05, 0) is 36.2 Å². The Labute approximate surface area is 212 Å². The van der Waals surface area contributed by atoms with E-state index in [1.54, 1.807) is 38.5 Å². The highest BCUT2D eigenvalue weighted by molar-refractivity contribution is 6.05. The number of benzene rings is 3. The molecule has 3 aromatic carbocycles. The van der Waals surface area contributed by atoms with Crippen LogP contribution >= 0.6 is 0 Å². The van der Waals surface area contributed by atoms with E-state index in [9.17, 15) is 9.59 Å². The fourth-order valence-electron chi connectivity index (χ4n) is 3.83. The van der Waals surface area contributed by atoms with Gasteiger partial charge < -0.3 is 24.3 Å². The van der Waals surface area contributed by atoms with Gasteiger partial charge in [0.15, 0.2) is 5.75 Å². The predicted molar refractivity (Wildman–Crippen MR) is 140 cm³/mol. The summed E-state index contributed by atoms with van der Waals surface area (Å²) in [5.41, 5.74) is 2.21. The minimum Gasteiger partial charge on any atom is -0.497 e. The Morgan fingerprint density at radius 2 is 1.53 bits per heavy atom. The number of rotatable bonds is 12. The highest BCUT2D eigenvalue weighted by atomic mass is 16.5. The van der Waals surface area contributed by atoms with Crippen LogP contribution in [0.1, 0.15) is 32.6 Å². The number of nitrogens with one attached hydrogen (secondary N) is 1. The van der Waals surface area contributed by atoms with Crippen molar-refractivity contribution in [1.82, 2.24) is 0 Å². The number of hydrogen-bond acceptors (Lipinski definition) is 6. The van der Waals surface area contributed by atoms with Gasteiger partial charge in [0, 0.05) is 17.7 Å². The molecule has 1 atom stereocenters. The fraction of sp³-hybridized carbons (Fsp3) is 0.310. The number of methoxy groups -OCH3 is 3. The van der Waals surface area contributed by atoms with Crippen LogP contribution < -0.4 is 19.5 Å². The van der Waals surface area contributed by atoms with Crippen molar-refractivity contribution in [1.29, 1.82) is 0 Å². The average molecular weight is 492 g/mol. The number of ether oxygens (including phenoxy) is 4. The first-order valence-corrected chi connectivity index (χ1v) is 12.0. The summed E-state index contributed by atoms with van der Waals surface area (Å²) in [6, 6.07) is 20.5. The number of carbonyl (C=O) groups excluding carboxylic acids is 2. The highest BCUT2D eigenvalue weighted by Gasteiger charge is 2.28. The Balaban J connectivity index is 1.96. The van der Waals surface area contributed by atoms with Crippen LogP contribution in [0.15, 0.2) is 66.7 Å². The molecule has 0 saturated carbocycles. The first-order valence-electron chi connectivity index (χ1n) is 12.0. The molecule has 3 aromatic rings. The van der Waals surface area contributed by atoms with E-state index >= 15 is 0 Å². The van der Waals surface area contributed by atoms with Crippen molar-refractivity contribution in [3.63, 3.8) is 0 Å². The lowest BCUT2D eigenvalue weighted by Gasteiger charge is -2.19. The number of carbonyl (C=O) groups is 2. The molecule has 0 saturated heterocycles. The Morgan fingerprint density at radius 3 is 2.19 bits per heavy atom. The van der Waals surface area contributed by atoms with Gasteiger partial charge in [0.25, 0.3) is 0 Å². The number of anilines is 1. The lowest BCUT2D eigenvalue weighted by atomic mass is 10.00. The summed E-state index contributed by atoms with van der Waals surface area (Å²) in [6.45, 7) is 2.06. The molecule has 0 bridgehead atoms. The van der Waals surface area contributed by atoms with Gasteiger partial charge in [-0.1, -0.05) is 56.5 Å². The SMILES string of the molecule is CCCCCC(C(=O)Nc1cc(OC)ccc1Oc1cc(OC)ccc1-c1ccccc1)C(=O)OC. The molecule has 0 aromatic heterocycles. The van der Waals surface area contributed by atoms with Crippen molar-refractivity contribution in [2.45, 2.75) is 32.6 Å². The topological polar surface area (TPSA) is 83.1 Å². The molecule has 0 aliphatic heterocycles. The highest BCUT2D eigenvalue weighted by Crippen LogP contribution is 2.40. The fourth-order valence-corrected chi connectivity index (χ4v) is 3.83. The van der Waals surface area contributed by atoms with E-state index < -0.39 is 17.8 Å². The molecule has 7 nitrogen and oxygen atoms in total. The molecular weight excluding hydrogens is 458 g/mol. The summed E-state index contributed by atoms with van der Waals surface area (Å²) >= 11 is 0. The summed E-state index contributed by atoms with van der Waals surface area (Å²) in [5.74, 6) is 0.175. The Bertz CT molecular complexity index is 1160. The monoisotopic (exact) mass is 491 g/mol. The first kappa shape index (κ1) is 26.6. The summed E-state index contributed by atoms with van der Waals surface area (Å²) in [7, 11) is 4.42. The van der Waals surface area contributed by atoms with Gasteiger partial charge in [0.05, 0.1) is 27.0 Å². The van der Waals surface area contributed by atoms with E-state index in [4.69, 9.17) is 18.9 Å². The Morgan fingerprint density at radius 1 is 0.833 bits per heavy atom. The van der Waals surface area contributed by atoms with Gasteiger partial charge in [-0.25, -0.2) is 0 Å². The van der Waals surface area contributed by atoms with Gasteiger partial charge in [-0.3, -0.25) is 9.59 Å². The smallest absolute Gasteiger partial charge is 0.318 e. The molecule has 1 N–H and O–H groups in total. The molecule has 1 amide bonds. The van der Waals surface area contributed by atoms with E-state index in [1.165, 1.54) is 7.11 Å². The van der Waals surface area contributed by atoms with Crippen molar-refractivity contribution in [3.8, 4) is 34.1 Å². The van der Waals surface area contributed by atoms with Crippen molar-refractivity contribution in [2.24, 2.45) is 5.92 Å². The van der Waals surface area contributed by atoms with E-state index in [0.29, 0.717) is 35.1 Å². The van der Waals surface area contributed by atoms with Crippen molar-refractivity contribution in [2.75, 3.05) is 26.6 Å². The zero-order chi connectivity index (χ0) is 25.9. The lowest BCUT2D eigenvalue weighted by Crippen LogP contribution is -2.30. The second-order valence-corrected chi connectivity index (χ2v) is 8.25. The van der Waals surface area contributed by atoms with Crippen LogP contribution in [0.5, 0.6) is 23.0 Å². The van der Waals surface area contributed by atoms with Crippen LogP contribution in [0.2, 0.25) is 0 Å². The molecule has 0 heterocycles. The van der Waals surface area contributed by atoms with Crippen LogP contribution in [0, 0.1) is 5.92 Å². The third-order valence-electron chi connectivity index (χ3n) is 5.84. The standard InChI is InChI=1S/C29H33NO6/c1-5-6-8-13-24(29(32)35-4)28(31)30-25-18-21(33-2)15-17-26(25)36-27-19-22(34-3)14-16-23(27)20-11-9-7-10-12-20/h7,9-12,14-19,24H,5-6,8,13H2,1-4H3,(H,30,31). The lowest BCUT2D eigenvalue weighted by molar-refractivity contribution is -0.149. The normalized spacial score (nSPS) is 11.3. The molecule has 0 spiro atoms. The number of esters is 1. The second-order valence-electron chi connectivity index (χ2n) is 8.25. The molecule has 36 heavy (non-hydrogen) atoms. The van der Waals surface area contributed by atoms with E-state index in [-0.39, 0.29) is 0 Å². The van der Waals surface area contributed by atoms with Crippen molar-refractivity contribution < 1.29 is 28.5 Å². The van der Waals surface area contributed by atoms with Gasteiger partial charge in [-0.2, -0.15) is 0 Å². The summed E-state index contributed by atoms with van der Waals surface area (Å²) in [5, 5.41) is 2.86. The van der Waals surface area contributed by atoms with Gasteiger partial charge in [-0.15, -0.1) is 0 Å². The molecule has 0 aliphatic carbocycles. The minimum atomic E-state index is -0.919. The van der Waals surface area contributed by atoms with Gasteiger partial charge in [0.2, 0.25) is 5.91 Å². The van der Waals surface area contributed by atoms with Crippen molar-refractivity contribution >= 4 is 17.6 Å². The van der Waals surface area contributed by atoms with Gasteiger partial charge >= 0.3 is 5.97 Å². The first-order chi connectivity index (χ1) is 17.5. The quantitative estimate of drug-likeness (QED) is 0.178. The van der Waals surface area contributed by atoms with Crippen LogP contribution in [0.4, 0.5) is 5.69 Å². The van der Waals surface area contributed by atoms with E-state index in [2.05, 4.69) is 12.2 Å². The van der Waals surface area contributed by atoms with Crippen molar-refractivity contribution in [3.05, 3.63) is 66.7 Å².